The molecule has 0 atom stereocenters. The molecule has 0 fully saturated rings. The SMILES string of the molecule is O=C(O)CC(F)(F)c1cccc(-c2nn[nH]n2)c1. The highest BCUT2D eigenvalue weighted by Crippen LogP contribution is 2.33. The van der Waals surface area contributed by atoms with Gasteiger partial charge in [0.05, 0.1) is 0 Å². The molecule has 0 aliphatic heterocycles. The van der Waals surface area contributed by atoms with Gasteiger partial charge in [0.25, 0.3) is 5.92 Å². The van der Waals surface area contributed by atoms with Crippen LogP contribution in [0.15, 0.2) is 24.3 Å². The molecular formula is C10H8F2N4O2. The number of nitrogens with one attached hydrogen (secondary N) is 1. The lowest BCUT2D eigenvalue weighted by atomic mass is 10.0. The first-order chi connectivity index (χ1) is 8.49. The van der Waals surface area contributed by atoms with Crippen molar-refractivity contribution in [1.82, 2.24) is 20.6 Å². The molecule has 18 heavy (non-hydrogen) atoms. The van der Waals surface area contributed by atoms with E-state index < -0.39 is 23.9 Å². The lowest BCUT2D eigenvalue weighted by molar-refractivity contribution is -0.145. The molecule has 1 aromatic carbocycles. The predicted molar refractivity (Wildman–Crippen MR) is 55.8 cm³/mol. The Morgan fingerprint density at radius 1 is 1.44 bits per heavy atom. The summed E-state index contributed by atoms with van der Waals surface area (Å²) in [6.45, 7) is 0. The number of nitrogens with zero attached hydrogens (tertiary/aromatic N) is 3. The first-order valence-electron chi connectivity index (χ1n) is 4.93. The number of H-pyrrole nitrogens is 1. The number of benzene rings is 1. The van der Waals surface area contributed by atoms with Crippen molar-refractivity contribution in [2.75, 3.05) is 0 Å². The van der Waals surface area contributed by atoms with Gasteiger partial charge in [-0.3, -0.25) is 4.79 Å². The van der Waals surface area contributed by atoms with E-state index in [9.17, 15) is 13.6 Å². The second-order valence-electron chi connectivity index (χ2n) is 3.59. The number of carbonyl (C=O) groups is 1. The monoisotopic (exact) mass is 254 g/mol. The second-order valence-corrected chi connectivity index (χ2v) is 3.59. The van der Waals surface area contributed by atoms with E-state index >= 15 is 0 Å². The summed E-state index contributed by atoms with van der Waals surface area (Å²) in [5.74, 6) is -4.83. The van der Waals surface area contributed by atoms with Gasteiger partial charge in [-0.15, -0.1) is 10.2 Å². The molecule has 0 spiro atoms. The molecule has 0 saturated heterocycles. The van der Waals surface area contributed by atoms with Gasteiger partial charge in [-0.05, 0) is 11.3 Å². The fraction of sp³-hybridized carbons (Fsp3) is 0.200. The molecule has 0 unspecified atom stereocenters. The number of carboxylic acids is 1. The van der Waals surface area contributed by atoms with E-state index in [2.05, 4.69) is 20.6 Å². The third-order valence-electron chi connectivity index (χ3n) is 2.26. The molecule has 1 aromatic heterocycles. The van der Waals surface area contributed by atoms with E-state index in [4.69, 9.17) is 5.11 Å². The minimum atomic E-state index is -3.44. The molecule has 2 aromatic rings. The van der Waals surface area contributed by atoms with Crippen LogP contribution in [0.25, 0.3) is 11.4 Å². The Labute approximate surface area is 99.6 Å². The second kappa shape index (κ2) is 4.47. The third kappa shape index (κ3) is 2.47. The number of alkyl halides is 2. The normalized spacial score (nSPS) is 11.4. The number of tetrazole rings is 1. The van der Waals surface area contributed by atoms with Gasteiger partial charge in [0.1, 0.15) is 6.42 Å². The molecule has 94 valence electrons. The van der Waals surface area contributed by atoms with Crippen molar-refractivity contribution in [3.05, 3.63) is 29.8 Å². The van der Waals surface area contributed by atoms with Crippen molar-refractivity contribution in [1.29, 1.82) is 0 Å². The van der Waals surface area contributed by atoms with Gasteiger partial charge in [0, 0.05) is 11.1 Å². The number of aromatic nitrogens is 4. The maximum absolute atomic E-state index is 13.6. The van der Waals surface area contributed by atoms with Crippen LogP contribution in [0, 0.1) is 0 Å². The molecule has 8 heteroatoms. The van der Waals surface area contributed by atoms with E-state index in [-0.39, 0.29) is 5.82 Å². The molecule has 0 radical (unpaired) electrons. The Kier molecular flexibility index (Phi) is 3.00. The average Bonchev–Trinajstić information content (AvgIpc) is 2.81. The Bertz CT molecular complexity index is 557. The Morgan fingerprint density at radius 3 is 2.83 bits per heavy atom. The molecular weight excluding hydrogens is 246 g/mol. The van der Waals surface area contributed by atoms with Crippen LogP contribution in [-0.4, -0.2) is 31.7 Å². The molecule has 2 rings (SSSR count). The van der Waals surface area contributed by atoms with Gasteiger partial charge in [-0.1, -0.05) is 18.2 Å². The van der Waals surface area contributed by atoms with Gasteiger partial charge in [0.15, 0.2) is 0 Å². The summed E-state index contributed by atoms with van der Waals surface area (Å²) in [4.78, 5) is 10.4. The molecule has 0 saturated carbocycles. The Balaban J connectivity index is 2.35. The Morgan fingerprint density at radius 2 is 2.22 bits per heavy atom. The summed E-state index contributed by atoms with van der Waals surface area (Å²) in [5, 5.41) is 21.3. The van der Waals surface area contributed by atoms with Crippen molar-refractivity contribution in [2.45, 2.75) is 12.3 Å². The van der Waals surface area contributed by atoms with Crippen LogP contribution in [0.1, 0.15) is 12.0 Å². The van der Waals surface area contributed by atoms with E-state index in [1.54, 1.807) is 0 Å². The molecule has 1 heterocycles. The quantitative estimate of drug-likeness (QED) is 0.861. The number of aliphatic carboxylic acids is 1. The van der Waals surface area contributed by atoms with Crippen molar-refractivity contribution in [2.24, 2.45) is 0 Å². The topological polar surface area (TPSA) is 91.8 Å². The summed E-state index contributed by atoms with van der Waals surface area (Å²) in [6.07, 6.45) is -1.26. The lowest BCUT2D eigenvalue weighted by Crippen LogP contribution is -2.18. The van der Waals surface area contributed by atoms with E-state index in [1.165, 1.54) is 12.1 Å². The maximum atomic E-state index is 13.6. The third-order valence-corrected chi connectivity index (χ3v) is 2.26. The summed E-state index contributed by atoms with van der Waals surface area (Å²) in [5.41, 5.74) is -0.0569. The highest BCUT2D eigenvalue weighted by atomic mass is 19.3. The van der Waals surface area contributed by atoms with Crippen LogP contribution >= 0.6 is 0 Å². The fourth-order valence-electron chi connectivity index (χ4n) is 1.46. The molecule has 0 bridgehead atoms. The maximum Gasteiger partial charge on any atom is 0.309 e. The van der Waals surface area contributed by atoms with Crippen LogP contribution in [-0.2, 0) is 10.7 Å². The fourth-order valence-corrected chi connectivity index (χ4v) is 1.46. The van der Waals surface area contributed by atoms with Gasteiger partial charge in [-0.25, -0.2) is 8.78 Å². The average molecular weight is 254 g/mol. The zero-order valence-corrected chi connectivity index (χ0v) is 8.97. The van der Waals surface area contributed by atoms with Crippen LogP contribution < -0.4 is 0 Å². The zero-order valence-electron chi connectivity index (χ0n) is 8.97. The van der Waals surface area contributed by atoms with Crippen molar-refractivity contribution < 1.29 is 18.7 Å². The van der Waals surface area contributed by atoms with Crippen LogP contribution in [0.2, 0.25) is 0 Å². The number of carboxylic acid groups (broad SMARTS) is 1. The molecule has 0 aliphatic rings. The highest BCUT2D eigenvalue weighted by Gasteiger charge is 2.34. The largest absolute Gasteiger partial charge is 0.481 e. The van der Waals surface area contributed by atoms with Gasteiger partial charge >= 0.3 is 5.97 Å². The summed E-state index contributed by atoms with van der Waals surface area (Å²) in [7, 11) is 0. The molecule has 0 aliphatic carbocycles. The van der Waals surface area contributed by atoms with E-state index in [0.717, 1.165) is 12.1 Å². The van der Waals surface area contributed by atoms with Gasteiger partial charge in [0.2, 0.25) is 5.82 Å². The van der Waals surface area contributed by atoms with Gasteiger partial charge in [-0.2, -0.15) is 5.21 Å². The van der Waals surface area contributed by atoms with Crippen molar-refractivity contribution in [3.63, 3.8) is 0 Å². The van der Waals surface area contributed by atoms with E-state index in [1.807, 2.05) is 0 Å². The van der Waals surface area contributed by atoms with Gasteiger partial charge < -0.3 is 5.11 Å². The minimum absolute atomic E-state index is 0.169. The minimum Gasteiger partial charge on any atom is -0.481 e. The standard InChI is InChI=1S/C10H8F2N4O2/c11-10(12,5-8(17)18)7-3-1-2-6(4-7)9-13-15-16-14-9/h1-4H,5H2,(H,17,18)(H,13,14,15,16). The predicted octanol–water partition coefficient (Wildman–Crippen LogP) is 1.43. The molecule has 0 amide bonds. The van der Waals surface area contributed by atoms with Crippen LogP contribution in [0.3, 0.4) is 0 Å². The lowest BCUT2D eigenvalue weighted by Gasteiger charge is -2.14. The van der Waals surface area contributed by atoms with Crippen molar-refractivity contribution in [3.8, 4) is 11.4 Å². The summed E-state index contributed by atoms with van der Waals surface area (Å²) in [6, 6.07) is 5.22. The zero-order chi connectivity index (χ0) is 13.2. The first kappa shape index (κ1) is 12.1. The number of rotatable bonds is 4. The van der Waals surface area contributed by atoms with Crippen LogP contribution in [0.5, 0.6) is 0 Å². The number of aromatic amines is 1. The summed E-state index contributed by atoms with van der Waals surface area (Å²) < 4.78 is 27.2. The summed E-state index contributed by atoms with van der Waals surface area (Å²) >= 11 is 0. The number of hydrogen-bond acceptors (Lipinski definition) is 4. The highest BCUT2D eigenvalue weighted by molar-refractivity contribution is 5.68. The first-order valence-corrected chi connectivity index (χ1v) is 4.93. The molecule has 2 N–H and O–H groups in total. The smallest absolute Gasteiger partial charge is 0.309 e. The Hall–Kier alpha value is -2.38. The number of hydrogen-bond donors (Lipinski definition) is 2. The molecule has 6 nitrogen and oxygen atoms in total. The van der Waals surface area contributed by atoms with E-state index in [0.29, 0.717) is 5.56 Å². The van der Waals surface area contributed by atoms with Crippen LogP contribution in [0.4, 0.5) is 8.78 Å². The van der Waals surface area contributed by atoms with Crippen molar-refractivity contribution >= 4 is 5.97 Å². The number of halogens is 2.